The molecular formula is C29H30ClFN3O3P. The van der Waals surface area contributed by atoms with Gasteiger partial charge in [0.1, 0.15) is 19.0 Å². The predicted molar refractivity (Wildman–Crippen MR) is 152 cm³/mol. The summed E-state index contributed by atoms with van der Waals surface area (Å²) in [5.41, 5.74) is 3.87. The molecule has 2 fully saturated rings. The number of nitrogens with zero attached hydrogens (tertiary/aromatic N) is 1. The molecule has 3 aromatic carbocycles. The van der Waals surface area contributed by atoms with Crippen LogP contribution in [0.2, 0.25) is 5.02 Å². The molecule has 5 rings (SSSR count). The number of hydrogen-bond acceptors (Lipinski definition) is 3. The van der Waals surface area contributed by atoms with Gasteiger partial charge in [0.2, 0.25) is 5.91 Å². The molecule has 1 atom stereocenters. The Morgan fingerprint density at radius 2 is 1.82 bits per heavy atom. The number of urea groups is 1. The second-order valence-electron chi connectivity index (χ2n) is 10.3. The summed E-state index contributed by atoms with van der Waals surface area (Å²) < 4.78 is 27.1. The average Bonchev–Trinajstić information content (AvgIpc) is 3.72. The van der Waals surface area contributed by atoms with Crippen molar-refractivity contribution in [2.45, 2.75) is 37.6 Å². The van der Waals surface area contributed by atoms with E-state index in [1.54, 1.807) is 18.2 Å². The lowest BCUT2D eigenvalue weighted by Gasteiger charge is -2.34. The molecule has 2 aliphatic rings. The van der Waals surface area contributed by atoms with Gasteiger partial charge in [-0.2, -0.15) is 0 Å². The van der Waals surface area contributed by atoms with Gasteiger partial charge < -0.3 is 20.1 Å². The van der Waals surface area contributed by atoms with Crippen molar-refractivity contribution >= 4 is 47.4 Å². The second-order valence-corrected chi connectivity index (χ2v) is 13.9. The van der Waals surface area contributed by atoms with E-state index in [9.17, 15) is 18.5 Å². The fourth-order valence-electron chi connectivity index (χ4n) is 5.03. The van der Waals surface area contributed by atoms with Gasteiger partial charge in [0.05, 0.1) is 5.69 Å². The van der Waals surface area contributed by atoms with Gasteiger partial charge in [-0.15, -0.1) is 0 Å². The van der Waals surface area contributed by atoms with Crippen LogP contribution < -0.4 is 20.8 Å². The van der Waals surface area contributed by atoms with Crippen LogP contribution in [-0.4, -0.2) is 37.9 Å². The third-order valence-corrected chi connectivity index (χ3v) is 8.84. The number of carbonyl (C=O) groups is 2. The molecule has 0 spiro atoms. The summed E-state index contributed by atoms with van der Waals surface area (Å²) in [6, 6.07) is 16.5. The van der Waals surface area contributed by atoms with E-state index >= 15 is 0 Å². The molecule has 198 valence electrons. The predicted octanol–water partition coefficient (Wildman–Crippen LogP) is 6.59. The van der Waals surface area contributed by atoms with Gasteiger partial charge >= 0.3 is 6.03 Å². The first-order valence-corrected chi connectivity index (χ1v) is 15.7. The quantitative estimate of drug-likeness (QED) is 0.338. The van der Waals surface area contributed by atoms with Gasteiger partial charge in [-0.25, -0.2) is 9.18 Å². The van der Waals surface area contributed by atoms with Crippen LogP contribution >= 0.6 is 18.7 Å². The lowest BCUT2D eigenvalue weighted by atomic mass is 9.96. The van der Waals surface area contributed by atoms with Gasteiger partial charge in [0, 0.05) is 22.6 Å². The molecule has 1 saturated carbocycles. The minimum Gasteiger partial charge on any atom is -0.326 e. The van der Waals surface area contributed by atoms with E-state index in [1.165, 1.54) is 12.1 Å². The van der Waals surface area contributed by atoms with Crippen molar-refractivity contribution in [1.82, 2.24) is 5.32 Å². The highest BCUT2D eigenvalue weighted by atomic mass is 35.5. The minimum atomic E-state index is -2.49. The summed E-state index contributed by atoms with van der Waals surface area (Å²) in [6.07, 6.45) is 3.32. The highest BCUT2D eigenvalue weighted by Crippen LogP contribution is 2.47. The van der Waals surface area contributed by atoms with Crippen LogP contribution in [-0.2, 0) is 9.36 Å². The summed E-state index contributed by atoms with van der Waals surface area (Å²) >= 11 is 5.78. The highest BCUT2D eigenvalue weighted by Gasteiger charge is 2.35. The number of piperidine rings is 1. The molecule has 1 heterocycles. The molecule has 6 nitrogen and oxygen atoms in total. The Morgan fingerprint density at radius 3 is 2.53 bits per heavy atom. The molecule has 9 heteroatoms. The topological polar surface area (TPSA) is 78.5 Å². The van der Waals surface area contributed by atoms with Gasteiger partial charge in [0.25, 0.3) is 0 Å². The number of benzene rings is 3. The summed E-state index contributed by atoms with van der Waals surface area (Å²) in [5.74, 6) is -0.475. The first-order valence-electron chi connectivity index (χ1n) is 12.7. The molecule has 3 amide bonds. The molecule has 0 radical (unpaired) electrons. The minimum absolute atomic E-state index is 0.0115. The Hall–Kier alpha value is -3.15. The Balaban J connectivity index is 1.38. The lowest BCUT2D eigenvalue weighted by Crippen LogP contribution is -2.53. The fraction of sp³-hybridized carbons (Fsp3) is 0.310. The largest absolute Gasteiger partial charge is 0.326 e. The molecule has 0 bridgehead atoms. The van der Waals surface area contributed by atoms with Crippen LogP contribution in [0.3, 0.4) is 0 Å². The number of nitrogens with one attached hydrogen (secondary N) is 2. The Kier molecular flexibility index (Phi) is 7.34. The number of halogens is 2. The zero-order valence-corrected chi connectivity index (χ0v) is 23.0. The van der Waals surface area contributed by atoms with Gasteiger partial charge in [0.15, 0.2) is 0 Å². The fourth-order valence-corrected chi connectivity index (χ4v) is 6.42. The smallest absolute Gasteiger partial charge is 0.319 e. The standard InChI is InChI=1S/C29H30ClFN3O3P/c1-38(2,37)27-8-4-3-6-21(27)19-11-14-26(22(16-19)18-9-10-18)34-15-5-7-25(28(34)35)33-29(36)32-24-13-12-20(30)17-23(24)31/h3-4,6,8,11-14,16-18,25H,5,7,9-10,15H2,1-2H3,(H2,32,33,36). The molecule has 3 aromatic rings. The Morgan fingerprint density at radius 1 is 1.05 bits per heavy atom. The maximum Gasteiger partial charge on any atom is 0.319 e. The van der Waals surface area contributed by atoms with Crippen molar-refractivity contribution in [2.24, 2.45) is 0 Å². The second kappa shape index (κ2) is 10.5. The maximum atomic E-state index is 14.1. The summed E-state index contributed by atoms with van der Waals surface area (Å²) in [4.78, 5) is 27.9. The third-order valence-electron chi connectivity index (χ3n) is 7.05. The maximum absolute atomic E-state index is 14.1. The molecule has 38 heavy (non-hydrogen) atoms. The van der Waals surface area contributed by atoms with Crippen LogP contribution in [0, 0.1) is 5.82 Å². The monoisotopic (exact) mass is 553 g/mol. The van der Waals surface area contributed by atoms with E-state index in [1.807, 2.05) is 36.4 Å². The van der Waals surface area contributed by atoms with Crippen LogP contribution in [0.5, 0.6) is 0 Å². The Labute approximate surface area is 226 Å². The van der Waals surface area contributed by atoms with Crippen LogP contribution in [0.25, 0.3) is 11.1 Å². The van der Waals surface area contributed by atoms with E-state index in [4.69, 9.17) is 11.6 Å². The summed E-state index contributed by atoms with van der Waals surface area (Å²) in [7, 11) is -2.49. The average molecular weight is 554 g/mol. The van der Waals surface area contributed by atoms with E-state index < -0.39 is 25.0 Å². The molecule has 1 unspecified atom stereocenters. The molecule has 1 aliphatic heterocycles. The van der Waals surface area contributed by atoms with Crippen LogP contribution in [0.4, 0.5) is 20.6 Å². The van der Waals surface area contributed by atoms with Crippen molar-refractivity contribution in [1.29, 1.82) is 0 Å². The van der Waals surface area contributed by atoms with E-state index in [0.29, 0.717) is 18.9 Å². The summed E-state index contributed by atoms with van der Waals surface area (Å²) in [5, 5.41) is 6.25. The molecular weight excluding hydrogens is 524 g/mol. The summed E-state index contributed by atoms with van der Waals surface area (Å²) in [6.45, 7) is 4.11. The van der Waals surface area contributed by atoms with Crippen molar-refractivity contribution in [3.63, 3.8) is 0 Å². The molecule has 2 N–H and O–H groups in total. The first kappa shape index (κ1) is 26.5. The van der Waals surface area contributed by atoms with Crippen molar-refractivity contribution in [3.05, 3.63) is 77.1 Å². The van der Waals surface area contributed by atoms with E-state index in [0.717, 1.165) is 53.0 Å². The zero-order chi connectivity index (χ0) is 27.0. The van der Waals surface area contributed by atoms with Gasteiger partial charge in [-0.1, -0.05) is 41.9 Å². The number of amides is 3. The molecule has 1 saturated heterocycles. The van der Waals surface area contributed by atoms with Crippen LogP contribution in [0.15, 0.2) is 60.7 Å². The highest BCUT2D eigenvalue weighted by molar-refractivity contribution is 7.70. The van der Waals surface area contributed by atoms with Crippen molar-refractivity contribution in [2.75, 3.05) is 30.1 Å². The number of carbonyl (C=O) groups excluding carboxylic acids is 2. The SMILES string of the molecule is CP(C)(=O)c1ccccc1-c1ccc(N2CCCC(NC(=O)Nc3ccc(Cl)cc3F)C2=O)c(C2CC2)c1. The number of anilines is 2. The van der Waals surface area contributed by atoms with Crippen molar-refractivity contribution in [3.8, 4) is 11.1 Å². The van der Waals surface area contributed by atoms with E-state index in [2.05, 4.69) is 16.7 Å². The van der Waals surface area contributed by atoms with Crippen molar-refractivity contribution < 1.29 is 18.5 Å². The zero-order valence-electron chi connectivity index (χ0n) is 21.3. The Bertz CT molecular complexity index is 1450. The third kappa shape index (κ3) is 5.64. The lowest BCUT2D eigenvalue weighted by molar-refractivity contribution is -0.121. The molecule has 0 aromatic heterocycles. The first-order chi connectivity index (χ1) is 18.1. The normalized spacial score (nSPS) is 17.8. The van der Waals surface area contributed by atoms with Gasteiger partial charge in [-0.05, 0) is 92.0 Å². The molecule has 1 aliphatic carbocycles. The van der Waals surface area contributed by atoms with Gasteiger partial charge in [-0.3, -0.25) is 4.79 Å². The number of rotatable bonds is 6. The van der Waals surface area contributed by atoms with E-state index in [-0.39, 0.29) is 16.6 Å². The number of hydrogen-bond donors (Lipinski definition) is 2. The van der Waals surface area contributed by atoms with Crippen LogP contribution in [0.1, 0.15) is 37.2 Å².